The van der Waals surface area contributed by atoms with E-state index in [1.165, 1.54) is 18.4 Å². The van der Waals surface area contributed by atoms with E-state index in [9.17, 15) is 4.39 Å². The van der Waals surface area contributed by atoms with Crippen LogP contribution in [-0.4, -0.2) is 36.6 Å². The first-order valence-corrected chi connectivity index (χ1v) is 7.78. The lowest BCUT2D eigenvalue weighted by Gasteiger charge is -2.31. The van der Waals surface area contributed by atoms with Crippen LogP contribution in [0.25, 0.3) is 0 Å². The van der Waals surface area contributed by atoms with E-state index in [0.717, 1.165) is 31.6 Å². The zero-order valence-corrected chi connectivity index (χ0v) is 13.0. The molecule has 0 spiro atoms. The normalized spacial score (nSPS) is 25.2. The SMILES string of the molecule is Cc1cc(F)ccc1CCN1CCC(C)NC(C)CC1. The summed E-state index contributed by atoms with van der Waals surface area (Å²) in [5.41, 5.74) is 2.34. The minimum atomic E-state index is -0.133. The predicted octanol–water partition coefficient (Wildman–Crippen LogP) is 3.14. The number of aryl methyl sites for hydroxylation is 1. The molecule has 0 saturated carbocycles. The topological polar surface area (TPSA) is 15.3 Å². The minimum Gasteiger partial charge on any atom is -0.312 e. The van der Waals surface area contributed by atoms with Crippen molar-refractivity contribution in [2.45, 2.75) is 52.1 Å². The molecule has 1 fully saturated rings. The molecule has 1 aromatic rings. The third-order valence-corrected chi connectivity index (χ3v) is 4.33. The van der Waals surface area contributed by atoms with Gasteiger partial charge in [0.15, 0.2) is 0 Å². The molecular formula is C17H27FN2. The third-order valence-electron chi connectivity index (χ3n) is 4.33. The molecular weight excluding hydrogens is 251 g/mol. The number of nitrogens with zero attached hydrogens (tertiary/aromatic N) is 1. The van der Waals surface area contributed by atoms with E-state index in [-0.39, 0.29) is 5.82 Å². The van der Waals surface area contributed by atoms with Crippen LogP contribution in [0.15, 0.2) is 18.2 Å². The smallest absolute Gasteiger partial charge is 0.123 e. The molecule has 0 amide bonds. The summed E-state index contributed by atoms with van der Waals surface area (Å²) in [5.74, 6) is -0.133. The van der Waals surface area contributed by atoms with Gasteiger partial charge in [-0.3, -0.25) is 0 Å². The molecule has 2 nitrogen and oxygen atoms in total. The summed E-state index contributed by atoms with van der Waals surface area (Å²) in [7, 11) is 0. The molecule has 1 aliphatic rings. The molecule has 0 aromatic heterocycles. The fourth-order valence-electron chi connectivity index (χ4n) is 2.96. The monoisotopic (exact) mass is 278 g/mol. The van der Waals surface area contributed by atoms with Crippen LogP contribution in [0.2, 0.25) is 0 Å². The summed E-state index contributed by atoms with van der Waals surface area (Å²) in [6.45, 7) is 9.92. The zero-order chi connectivity index (χ0) is 14.5. The van der Waals surface area contributed by atoms with Crippen molar-refractivity contribution in [3.63, 3.8) is 0 Å². The highest BCUT2D eigenvalue weighted by atomic mass is 19.1. The van der Waals surface area contributed by atoms with Crippen molar-refractivity contribution < 1.29 is 4.39 Å². The Labute approximate surface area is 122 Å². The molecule has 0 bridgehead atoms. The first-order chi connectivity index (χ1) is 9.54. The largest absolute Gasteiger partial charge is 0.312 e. The van der Waals surface area contributed by atoms with Crippen LogP contribution < -0.4 is 5.32 Å². The third kappa shape index (κ3) is 4.57. The fourth-order valence-corrected chi connectivity index (χ4v) is 2.96. The van der Waals surface area contributed by atoms with Gasteiger partial charge in [0.05, 0.1) is 0 Å². The molecule has 1 saturated heterocycles. The second-order valence-electron chi connectivity index (χ2n) is 6.21. The molecule has 1 N–H and O–H groups in total. The van der Waals surface area contributed by atoms with E-state index >= 15 is 0 Å². The predicted molar refractivity (Wildman–Crippen MR) is 82.6 cm³/mol. The van der Waals surface area contributed by atoms with Crippen molar-refractivity contribution in [3.8, 4) is 0 Å². The Morgan fingerprint density at radius 2 is 1.85 bits per heavy atom. The standard InChI is InChI=1S/C17H27FN2/c1-13-12-17(18)5-4-16(13)8-11-20-9-6-14(2)19-15(3)7-10-20/h4-5,12,14-15,19H,6-11H2,1-3H3. The first kappa shape index (κ1) is 15.5. The van der Waals surface area contributed by atoms with Crippen molar-refractivity contribution in [1.29, 1.82) is 0 Å². The van der Waals surface area contributed by atoms with Gasteiger partial charge in [-0.15, -0.1) is 0 Å². The van der Waals surface area contributed by atoms with Crippen LogP contribution in [-0.2, 0) is 6.42 Å². The van der Waals surface area contributed by atoms with Crippen LogP contribution in [0.4, 0.5) is 4.39 Å². The molecule has 0 radical (unpaired) electrons. The summed E-state index contributed by atoms with van der Waals surface area (Å²) >= 11 is 0. The van der Waals surface area contributed by atoms with Gasteiger partial charge in [0, 0.05) is 18.6 Å². The van der Waals surface area contributed by atoms with Gasteiger partial charge >= 0.3 is 0 Å². The lowest BCUT2D eigenvalue weighted by atomic mass is 10.0. The highest BCUT2D eigenvalue weighted by Crippen LogP contribution is 2.13. The Hall–Kier alpha value is -0.930. The second-order valence-corrected chi connectivity index (χ2v) is 6.21. The molecule has 2 atom stereocenters. The number of halogens is 1. The van der Waals surface area contributed by atoms with Crippen molar-refractivity contribution in [1.82, 2.24) is 10.2 Å². The van der Waals surface area contributed by atoms with Gasteiger partial charge in [-0.2, -0.15) is 0 Å². The number of hydrogen-bond acceptors (Lipinski definition) is 2. The van der Waals surface area contributed by atoms with Crippen LogP contribution in [0.5, 0.6) is 0 Å². The molecule has 1 heterocycles. The van der Waals surface area contributed by atoms with E-state index in [1.54, 1.807) is 12.1 Å². The highest BCUT2D eigenvalue weighted by Gasteiger charge is 2.15. The van der Waals surface area contributed by atoms with E-state index in [0.29, 0.717) is 12.1 Å². The van der Waals surface area contributed by atoms with Crippen molar-refractivity contribution >= 4 is 0 Å². The molecule has 2 rings (SSSR count). The summed E-state index contributed by atoms with van der Waals surface area (Å²) in [4.78, 5) is 2.55. The van der Waals surface area contributed by atoms with Gasteiger partial charge in [-0.25, -0.2) is 4.39 Å². The number of rotatable bonds is 3. The van der Waals surface area contributed by atoms with Crippen molar-refractivity contribution in [2.75, 3.05) is 19.6 Å². The van der Waals surface area contributed by atoms with Crippen LogP contribution in [0.3, 0.4) is 0 Å². The summed E-state index contributed by atoms with van der Waals surface area (Å²) in [6, 6.07) is 6.34. The zero-order valence-electron chi connectivity index (χ0n) is 13.0. The van der Waals surface area contributed by atoms with Gasteiger partial charge in [0.25, 0.3) is 0 Å². The molecule has 20 heavy (non-hydrogen) atoms. The lowest BCUT2D eigenvalue weighted by molar-refractivity contribution is 0.221. The summed E-state index contributed by atoms with van der Waals surface area (Å²) in [5, 5.41) is 3.62. The highest BCUT2D eigenvalue weighted by molar-refractivity contribution is 5.26. The van der Waals surface area contributed by atoms with E-state index in [1.807, 2.05) is 13.0 Å². The number of hydrogen-bond donors (Lipinski definition) is 1. The van der Waals surface area contributed by atoms with Crippen molar-refractivity contribution in [3.05, 3.63) is 35.1 Å². The average molecular weight is 278 g/mol. The average Bonchev–Trinajstić information content (AvgIpc) is 2.37. The number of nitrogens with one attached hydrogen (secondary N) is 1. The van der Waals surface area contributed by atoms with Gasteiger partial charge in [-0.1, -0.05) is 6.07 Å². The second kappa shape index (κ2) is 7.19. The van der Waals surface area contributed by atoms with Gasteiger partial charge < -0.3 is 10.2 Å². The Morgan fingerprint density at radius 3 is 2.45 bits per heavy atom. The van der Waals surface area contributed by atoms with Gasteiger partial charge in [0.1, 0.15) is 5.82 Å². The molecule has 1 aromatic carbocycles. The Kier molecular flexibility index (Phi) is 5.55. The van der Waals surface area contributed by atoms with Crippen LogP contribution in [0, 0.1) is 12.7 Å². The fraction of sp³-hybridized carbons (Fsp3) is 0.647. The number of benzene rings is 1. The van der Waals surface area contributed by atoms with Gasteiger partial charge in [0.2, 0.25) is 0 Å². The minimum absolute atomic E-state index is 0.133. The molecule has 0 aliphatic carbocycles. The summed E-state index contributed by atoms with van der Waals surface area (Å²) in [6.07, 6.45) is 3.42. The molecule has 1 aliphatic heterocycles. The van der Waals surface area contributed by atoms with E-state index < -0.39 is 0 Å². The lowest BCUT2D eigenvalue weighted by Crippen LogP contribution is -2.43. The quantitative estimate of drug-likeness (QED) is 0.914. The molecule has 3 heteroatoms. The molecule has 112 valence electrons. The van der Waals surface area contributed by atoms with Crippen molar-refractivity contribution in [2.24, 2.45) is 0 Å². The Balaban J connectivity index is 1.88. The van der Waals surface area contributed by atoms with Gasteiger partial charge in [-0.05, 0) is 76.4 Å². The maximum atomic E-state index is 13.1. The van der Waals surface area contributed by atoms with Crippen LogP contribution in [0.1, 0.15) is 37.8 Å². The molecule has 2 unspecified atom stereocenters. The Bertz CT molecular complexity index is 421. The Morgan fingerprint density at radius 1 is 1.20 bits per heavy atom. The maximum absolute atomic E-state index is 13.1. The summed E-state index contributed by atoms with van der Waals surface area (Å²) < 4.78 is 13.1. The van der Waals surface area contributed by atoms with Crippen LogP contribution >= 0.6 is 0 Å². The van der Waals surface area contributed by atoms with E-state index in [4.69, 9.17) is 0 Å². The maximum Gasteiger partial charge on any atom is 0.123 e. The van der Waals surface area contributed by atoms with E-state index in [2.05, 4.69) is 24.1 Å². The first-order valence-electron chi connectivity index (χ1n) is 7.78.